The highest BCUT2D eigenvalue weighted by Crippen LogP contribution is 2.23. The molecule has 0 saturated carbocycles. The van der Waals surface area contributed by atoms with Gasteiger partial charge in [0.05, 0.1) is 19.3 Å². The molecule has 1 atom stereocenters. The summed E-state index contributed by atoms with van der Waals surface area (Å²) in [6, 6.07) is 7.41. The molecule has 2 aromatic heterocycles. The molecule has 0 fully saturated rings. The molecule has 1 aromatic carbocycles. The van der Waals surface area contributed by atoms with Gasteiger partial charge >= 0.3 is 0 Å². The lowest BCUT2D eigenvalue weighted by molar-refractivity contribution is -0.122. The van der Waals surface area contributed by atoms with Gasteiger partial charge in [-0.05, 0) is 23.6 Å². The van der Waals surface area contributed by atoms with Crippen LogP contribution in [0.1, 0.15) is 25.5 Å². The van der Waals surface area contributed by atoms with Crippen LogP contribution in [0.4, 0.5) is 0 Å². The Balaban J connectivity index is 1.78. The molecule has 0 aliphatic rings. The van der Waals surface area contributed by atoms with E-state index in [9.17, 15) is 9.59 Å². The molecule has 8 nitrogen and oxygen atoms in total. The van der Waals surface area contributed by atoms with Gasteiger partial charge in [0.15, 0.2) is 5.65 Å². The third kappa shape index (κ3) is 3.84. The predicted octanol–water partition coefficient (Wildman–Crippen LogP) is 1.65. The van der Waals surface area contributed by atoms with Crippen LogP contribution in [0.25, 0.3) is 11.0 Å². The summed E-state index contributed by atoms with van der Waals surface area (Å²) in [5.41, 5.74) is 1.19. The summed E-state index contributed by atoms with van der Waals surface area (Å²) in [5.74, 6) is 0.685. The highest BCUT2D eigenvalue weighted by atomic mass is 16.5. The van der Waals surface area contributed by atoms with Crippen molar-refractivity contribution in [2.24, 2.45) is 13.0 Å². The van der Waals surface area contributed by atoms with Crippen molar-refractivity contribution in [2.75, 3.05) is 7.11 Å². The van der Waals surface area contributed by atoms with Crippen LogP contribution in [0.3, 0.4) is 0 Å². The minimum atomic E-state index is -0.284. The van der Waals surface area contributed by atoms with E-state index in [4.69, 9.17) is 4.74 Å². The zero-order valence-corrected chi connectivity index (χ0v) is 15.8. The van der Waals surface area contributed by atoms with Gasteiger partial charge in [0.1, 0.15) is 24.0 Å². The molecule has 0 saturated heterocycles. The molecule has 3 rings (SSSR count). The molecule has 0 bridgehead atoms. The van der Waals surface area contributed by atoms with Crippen molar-refractivity contribution < 1.29 is 9.53 Å². The monoisotopic (exact) mass is 369 g/mol. The number of hydrogen-bond acceptors (Lipinski definition) is 5. The van der Waals surface area contributed by atoms with E-state index in [1.807, 2.05) is 38.1 Å². The number of aryl methyl sites for hydroxylation is 1. The summed E-state index contributed by atoms with van der Waals surface area (Å²) in [5, 5.41) is 7.44. The first-order valence-electron chi connectivity index (χ1n) is 8.71. The fourth-order valence-electron chi connectivity index (χ4n) is 3.00. The van der Waals surface area contributed by atoms with E-state index in [0.717, 1.165) is 11.3 Å². The molecule has 27 heavy (non-hydrogen) atoms. The normalized spacial score (nSPS) is 12.3. The first-order chi connectivity index (χ1) is 12.9. The number of methoxy groups -OCH3 is 1. The Morgan fingerprint density at radius 1 is 1.26 bits per heavy atom. The number of hydrogen-bond donors (Lipinski definition) is 1. The highest BCUT2D eigenvalue weighted by Gasteiger charge is 2.19. The Hall–Kier alpha value is -3.16. The number of benzene rings is 1. The number of carbonyl (C=O) groups excluding carboxylic acids is 1. The second kappa shape index (κ2) is 7.61. The molecule has 0 aliphatic heterocycles. The number of nitrogens with zero attached hydrogens (tertiary/aromatic N) is 4. The summed E-state index contributed by atoms with van der Waals surface area (Å²) in [7, 11) is 3.33. The quantitative estimate of drug-likeness (QED) is 0.713. The Morgan fingerprint density at radius 3 is 2.59 bits per heavy atom. The highest BCUT2D eigenvalue weighted by molar-refractivity contribution is 5.77. The van der Waals surface area contributed by atoms with Crippen molar-refractivity contribution in [3.05, 3.63) is 52.7 Å². The lowest BCUT2D eigenvalue weighted by Crippen LogP contribution is -2.36. The maximum atomic E-state index is 12.6. The molecule has 0 spiro atoms. The van der Waals surface area contributed by atoms with Gasteiger partial charge in [0, 0.05) is 7.05 Å². The van der Waals surface area contributed by atoms with Crippen molar-refractivity contribution >= 4 is 16.9 Å². The fourth-order valence-corrected chi connectivity index (χ4v) is 3.00. The van der Waals surface area contributed by atoms with Gasteiger partial charge in [-0.1, -0.05) is 26.0 Å². The Kier molecular flexibility index (Phi) is 5.25. The average molecular weight is 369 g/mol. The van der Waals surface area contributed by atoms with Gasteiger partial charge in [-0.15, -0.1) is 0 Å². The molecule has 3 aromatic rings. The molecule has 0 aliphatic carbocycles. The van der Waals surface area contributed by atoms with E-state index < -0.39 is 0 Å². The number of amides is 1. The number of nitrogens with one attached hydrogen (secondary N) is 1. The number of ether oxygens (including phenoxy) is 1. The molecule has 142 valence electrons. The van der Waals surface area contributed by atoms with Crippen molar-refractivity contribution in [1.29, 1.82) is 0 Å². The Morgan fingerprint density at radius 2 is 1.96 bits per heavy atom. The summed E-state index contributed by atoms with van der Waals surface area (Å²) in [4.78, 5) is 29.3. The van der Waals surface area contributed by atoms with Gasteiger partial charge in [-0.2, -0.15) is 5.10 Å². The largest absolute Gasteiger partial charge is 0.497 e. The van der Waals surface area contributed by atoms with E-state index in [1.54, 1.807) is 14.2 Å². The van der Waals surface area contributed by atoms with Crippen molar-refractivity contribution in [3.63, 3.8) is 0 Å². The van der Waals surface area contributed by atoms with Crippen molar-refractivity contribution in [3.8, 4) is 5.75 Å². The number of carbonyl (C=O) groups is 1. The summed E-state index contributed by atoms with van der Waals surface area (Å²) in [6.07, 6.45) is 2.84. The zero-order valence-electron chi connectivity index (χ0n) is 15.8. The van der Waals surface area contributed by atoms with E-state index in [0.29, 0.717) is 11.0 Å². The van der Waals surface area contributed by atoms with Crippen LogP contribution in [0.5, 0.6) is 5.75 Å². The fraction of sp³-hybridized carbons (Fsp3) is 0.368. The Labute approximate surface area is 156 Å². The van der Waals surface area contributed by atoms with Crippen LogP contribution < -0.4 is 15.6 Å². The first-order valence-corrected chi connectivity index (χ1v) is 8.71. The number of fused-ring (bicyclic) bond motifs is 1. The van der Waals surface area contributed by atoms with Gasteiger partial charge in [-0.25, -0.2) is 4.98 Å². The first kappa shape index (κ1) is 18.6. The van der Waals surface area contributed by atoms with Crippen molar-refractivity contribution in [2.45, 2.75) is 26.4 Å². The summed E-state index contributed by atoms with van der Waals surface area (Å²) < 4.78 is 8.00. The zero-order chi connectivity index (χ0) is 19.6. The smallest absolute Gasteiger partial charge is 0.264 e. The third-order valence-corrected chi connectivity index (χ3v) is 4.49. The second-order valence-electron chi connectivity index (χ2n) is 6.75. The van der Waals surface area contributed by atoms with Crippen LogP contribution >= 0.6 is 0 Å². The van der Waals surface area contributed by atoms with Crippen LogP contribution in [-0.2, 0) is 18.4 Å². The standard InChI is InChI=1S/C19H23N5O3/c1-12(2)17(13-5-7-14(27-4)8-6-13)22-16(25)10-24-11-20-18-15(19(24)26)9-21-23(18)3/h5-9,11-12,17H,10H2,1-4H3,(H,22,25). The SMILES string of the molecule is COc1ccc(C(NC(=O)Cn2cnc3c(cnn3C)c2=O)C(C)C)cc1. The maximum Gasteiger partial charge on any atom is 0.264 e. The second-order valence-corrected chi connectivity index (χ2v) is 6.75. The van der Waals surface area contributed by atoms with Gasteiger partial charge in [0.25, 0.3) is 5.56 Å². The minimum absolute atomic E-state index is 0.101. The molecule has 1 amide bonds. The molecular weight excluding hydrogens is 346 g/mol. The maximum absolute atomic E-state index is 12.6. The van der Waals surface area contributed by atoms with Crippen molar-refractivity contribution in [1.82, 2.24) is 24.6 Å². The number of aromatic nitrogens is 4. The van der Waals surface area contributed by atoms with E-state index in [1.165, 1.54) is 21.8 Å². The minimum Gasteiger partial charge on any atom is -0.497 e. The van der Waals surface area contributed by atoms with Crippen LogP contribution in [-0.4, -0.2) is 32.3 Å². The van der Waals surface area contributed by atoms with Gasteiger partial charge in [-0.3, -0.25) is 18.8 Å². The third-order valence-electron chi connectivity index (χ3n) is 4.49. The average Bonchev–Trinajstić information content (AvgIpc) is 3.03. The summed E-state index contributed by atoms with van der Waals surface area (Å²) in [6.45, 7) is 3.96. The molecule has 1 unspecified atom stereocenters. The molecule has 2 heterocycles. The molecule has 0 radical (unpaired) electrons. The Bertz CT molecular complexity index is 1000. The lowest BCUT2D eigenvalue weighted by atomic mass is 9.96. The van der Waals surface area contributed by atoms with E-state index in [-0.39, 0.29) is 30.0 Å². The molecule has 8 heteroatoms. The molecule has 1 N–H and O–H groups in total. The van der Waals surface area contributed by atoms with Gasteiger partial charge in [0.2, 0.25) is 5.91 Å². The van der Waals surface area contributed by atoms with Crippen LogP contribution in [0, 0.1) is 5.92 Å². The number of rotatable bonds is 6. The topological polar surface area (TPSA) is 91.0 Å². The summed E-state index contributed by atoms with van der Waals surface area (Å²) >= 11 is 0. The van der Waals surface area contributed by atoms with Crippen LogP contribution in [0.15, 0.2) is 41.6 Å². The van der Waals surface area contributed by atoms with E-state index in [2.05, 4.69) is 15.4 Å². The van der Waals surface area contributed by atoms with E-state index >= 15 is 0 Å². The lowest BCUT2D eigenvalue weighted by Gasteiger charge is -2.23. The van der Waals surface area contributed by atoms with Gasteiger partial charge < -0.3 is 10.1 Å². The van der Waals surface area contributed by atoms with Crippen LogP contribution in [0.2, 0.25) is 0 Å². The molecular formula is C19H23N5O3. The predicted molar refractivity (Wildman–Crippen MR) is 101 cm³/mol.